The number of carbonyl (C=O) groups is 3. The predicted molar refractivity (Wildman–Crippen MR) is 405 cm³/mol. The molecule has 3 aliphatic heterocycles. The topological polar surface area (TPSA) is 236 Å². The third-order valence-electron chi connectivity index (χ3n) is 18.7. The quantitative estimate of drug-likeness (QED) is 0.0972. The number of nitrogens with zero attached hydrogens (tertiary/aromatic N) is 18. The number of hydrogen-bond donors (Lipinski definition) is 3. The predicted octanol–water partition coefficient (Wildman–Crippen LogP) is 8.50. The van der Waals surface area contributed by atoms with Gasteiger partial charge >= 0.3 is 0 Å². The molecule has 3 saturated heterocycles. The molecule has 0 spiro atoms. The minimum atomic E-state index is -0.222. The summed E-state index contributed by atoms with van der Waals surface area (Å²) in [5.41, 5.74) is 16.6. The summed E-state index contributed by atoms with van der Waals surface area (Å²) in [5.74, 6) is 18.2. The zero-order chi connectivity index (χ0) is 72.6. The number of likely N-dealkylation sites (N-methyl/N-ethyl adjacent to an activating group) is 3. The first-order valence-corrected chi connectivity index (χ1v) is 34.9. The van der Waals surface area contributed by atoms with Crippen LogP contribution in [0.15, 0.2) is 184 Å². The van der Waals surface area contributed by atoms with Crippen molar-refractivity contribution in [2.45, 2.75) is 40.4 Å². The number of fused-ring (bicyclic) bond motifs is 3. The van der Waals surface area contributed by atoms with Gasteiger partial charge in [0.15, 0.2) is 11.3 Å². The largest absolute Gasteiger partial charge is 0.322 e. The Kier molecular flexibility index (Phi) is 22.9. The number of pyridine rings is 5. The molecule has 24 heteroatoms. The Morgan fingerprint density at radius 1 is 0.410 bits per heavy atom. The van der Waals surface area contributed by atoms with Crippen molar-refractivity contribution in [3.8, 4) is 35.5 Å². The number of aryl methyl sites for hydroxylation is 3. The summed E-state index contributed by atoms with van der Waals surface area (Å²) in [6, 6.07) is 34.9. The summed E-state index contributed by atoms with van der Waals surface area (Å²) in [6.45, 7) is 22.1. The molecular weight excluding hydrogens is 1320 g/mol. The second kappa shape index (κ2) is 33.7. The summed E-state index contributed by atoms with van der Waals surface area (Å²) in [4.78, 5) is 69.9. The minimum absolute atomic E-state index is 0.215. The number of amides is 3. The zero-order valence-electron chi connectivity index (χ0n) is 59.7. The second-order valence-electron chi connectivity index (χ2n) is 26.5. The van der Waals surface area contributed by atoms with Gasteiger partial charge < -0.3 is 30.7 Å². The van der Waals surface area contributed by atoms with E-state index in [9.17, 15) is 14.4 Å². The summed E-state index contributed by atoms with van der Waals surface area (Å²) < 4.78 is 5.20. The van der Waals surface area contributed by atoms with E-state index in [2.05, 4.69) is 187 Å². The van der Waals surface area contributed by atoms with E-state index < -0.39 is 0 Å². The first-order chi connectivity index (χ1) is 51.1. The number of hydrogen-bond acceptors (Lipinski definition) is 18. The maximum absolute atomic E-state index is 12.9. The molecule has 0 aliphatic carbocycles. The van der Waals surface area contributed by atoms with Crippen LogP contribution in [0.3, 0.4) is 0 Å². The summed E-state index contributed by atoms with van der Waals surface area (Å²) in [7, 11) is 6.49. The number of anilines is 3. The Morgan fingerprint density at radius 3 is 1.35 bits per heavy atom. The van der Waals surface area contributed by atoms with Gasteiger partial charge in [-0.05, 0) is 166 Å². The molecule has 3 fully saturated rings. The second-order valence-corrected chi connectivity index (χ2v) is 26.5. The van der Waals surface area contributed by atoms with Crippen molar-refractivity contribution in [1.29, 1.82) is 0 Å². The van der Waals surface area contributed by atoms with Crippen LogP contribution in [0.2, 0.25) is 0 Å². The molecule has 3 aromatic carbocycles. The van der Waals surface area contributed by atoms with Gasteiger partial charge in [0, 0.05) is 194 Å². The van der Waals surface area contributed by atoms with Crippen LogP contribution < -0.4 is 16.0 Å². The van der Waals surface area contributed by atoms with Crippen LogP contribution in [0.4, 0.5) is 17.1 Å². The van der Waals surface area contributed by atoms with Gasteiger partial charge in [-0.25, -0.2) is 9.03 Å². The van der Waals surface area contributed by atoms with Gasteiger partial charge in [-0.3, -0.25) is 53.4 Å². The molecular formula is C81H81N21O3. The maximum atomic E-state index is 12.9. The smallest absolute Gasteiger partial charge is 0.257 e. The molecule has 0 atom stereocenters. The van der Waals surface area contributed by atoms with Crippen molar-refractivity contribution < 1.29 is 14.4 Å². The van der Waals surface area contributed by atoms with Gasteiger partial charge in [-0.15, -0.1) is 15.3 Å². The molecule has 3 aliphatic rings. The number of piperazine rings is 3. The fourth-order valence-corrected chi connectivity index (χ4v) is 12.3. The van der Waals surface area contributed by atoms with Crippen LogP contribution in [-0.4, -0.2) is 206 Å². The van der Waals surface area contributed by atoms with Gasteiger partial charge in [0.05, 0.1) is 34.6 Å². The highest BCUT2D eigenvalue weighted by atomic mass is 16.2. The number of rotatable bonds is 12. The lowest BCUT2D eigenvalue weighted by Crippen LogP contribution is -2.43. The van der Waals surface area contributed by atoms with Crippen LogP contribution in [0.5, 0.6) is 0 Å². The van der Waals surface area contributed by atoms with Crippen LogP contribution in [0, 0.1) is 56.3 Å². The average molecular weight is 1400 g/mol. The fraction of sp³-hybridized carbons (Fsp3) is 0.259. The summed E-state index contributed by atoms with van der Waals surface area (Å²) >= 11 is 0. The van der Waals surface area contributed by atoms with E-state index in [1.165, 1.54) is 33.4 Å². The van der Waals surface area contributed by atoms with E-state index in [-0.39, 0.29) is 17.7 Å². The highest BCUT2D eigenvalue weighted by molar-refractivity contribution is 6.05. The van der Waals surface area contributed by atoms with Crippen molar-refractivity contribution >= 4 is 51.5 Å². The van der Waals surface area contributed by atoms with Crippen LogP contribution in [-0.2, 0) is 19.6 Å². The Hall–Kier alpha value is -12.2. The summed E-state index contributed by atoms with van der Waals surface area (Å²) in [5, 5.41) is 29.6. The van der Waals surface area contributed by atoms with E-state index >= 15 is 0 Å². The fourth-order valence-electron chi connectivity index (χ4n) is 12.3. The van der Waals surface area contributed by atoms with Gasteiger partial charge in [-0.2, -0.15) is 5.10 Å². The van der Waals surface area contributed by atoms with Crippen molar-refractivity contribution in [2.75, 3.05) is 116 Å². The monoisotopic (exact) mass is 1400 g/mol. The number of nitrogens with one attached hydrogen (secondary N) is 3. The van der Waals surface area contributed by atoms with Crippen molar-refractivity contribution in [1.82, 2.24) is 88.4 Å². The lowest BCUT2D eigenvalue weighted by Gasteiger charge is -2.32. The Labute approximate surface area is 610 Å². The van der Waals surface area contributed by atoms with Gasteiger partial charge in [0.1, 0.15) is 11.0 Å². The van der Waals surface area contributed by atoms with Gasteiger partial charge in [0.2, 0.25) is 5.82 Å². The molecule has 12 heterocycles. The van der Waals surface area contributed by atoms with Crippen LogP contribution in [0.1, 0.15) is 98.2 Å². The highest BCUT2D eigenvalue weighted by Crippen LogP contribution is 2.23. The molecule has 3 N–H and O–H groups in total. The summed E-state index contributed by atoms with van der Waals surface area (Å²) in [6.07, 6.45) is 20.1. The molecule has 105 heavy (non-hydrogen) atoms. The van der Waals surface area contributed by atoms with E-state index in [1.807, 2.05) is 89.6 Å². The number of aromatic nitrogens is 12. The van der Waals surface area contributed by atoms with Crippen LogP contribution in [0.25, 0.3) is 16.7 Å². The normalized spacial score (nSPS) is 14.5. The van der Waals surface area contributed by atoms with Crippen molar-refractivity contribution in [2.24, 2.45) is 0 Å². The van der Waals surface area contributed by atoms with E-state index in [0.29, 0.717) is 44.9 Å². The highest BCUT2D eigenvalue weighted by Gasteiger charge is 2.20. The number of carbonyl (C=O) groups excluding carboxylic acids is 3. The van der Waals surface area contributed by atoms with Gasteiger partial charge in [0.25, 0.3) is 17.7 Å². The lowest BCUT2D eigenvalue weighted by molar-refractivity contribution is 0.101. The van der Waals surface area contributed by atoms with Crippen molar-refractivity contribution in [3.05, 3.63) is 267 Å². The minimum Gasteiger partial charge on any atom is -0.322 e. The van der Waals surface area contributed by atoms with Gasteiger partial charge in [-0.1, -0.05) is 59.2 Å². The van der Waals surface area contributed by atoms with E-state index in [1.54, 1.807) is 89.2 Å². The molecule has 3 amide bonds. The first kappa shape index (κ1) is 71.2. The third kappa shape index (κ3) is 18.9. The maximum Gasteiger partial charge on any atom is 0.257 e. The molecule has 528 valence electrons. The Bertz CT molecular complexity index is 4790. The van der Waals surface area contributed by atoms with E-state index in [4.69, 9.17) is 0 Å². The van der Waals surface area contributed by atoms with E-state index in [0.717, 1.165) is 137 Å². The number of benzene rings is 3. The Morgan fingerprint density at radius 2 is 0.867 bits per heavy atom. The molecule has 12 aromatic rings. The molecule has 24 nitrogen and oxygen atoms in total. The van der Waals surface area contributed by atoms with Crippen LogP contribution >= 0.6 is 0 Å². The zero-order valence-corrected chi connectivity index (χ0v) is 59.7. The average Bonchev–Trinajstić information content (AvgIpc) is 1.72. The third-order valence-corrected chi connectivity index (χ3v) is 18.7. The molecule has 0 radical (unpaired) electrons. The standard InChI is InChI=1S/3C27H27N7O/c1-20-13-25(6-5-23(20)19-33-11-9-32(2)10-12-33)31-27(35)24-14-21(15-29-16-24)3-4-22-17-30-34-8-7-28-18-26(22)34;1-20-15-24(8-7-22(20)19-33-13-11-32(2)12-14-33)29-27(35)23-16-21(17-28-18-23)6-9-25-26-5-3-4-10-34(26)31-30-25;1-20-15-24(8-7-22(20)19-33-13-11-32(2)12-14-33)29-27(35)23-16-21(17-28-18-23)6-9-26-31-30-25-5-3-4-10-34(25)26/h5-8,13-18H,9-12,19H2,1-2H3,(H,31,35);2*3-5,7-8,10,15-18H,11-14,19H2,1-2H3,(H,29,35). The van der Waals surface area contributed by atoms with Crippen molar-refractivity contribution in [3.63, 3.8) is 0 Å². The lowest BCUT2D eigenvalue weighted by atomic mass is 10.1. The molecule has 0 bridgehead atoms. The Balaban J connectivity index is 0.000000140. The molecule has 0 unspecified atom stereocenters. The molecule has 15 rings (SSSR count). The SMILES string of the molecule is Cc1cc(NC(=O)c2cncc(C#Cc3cnn4ccncc34)c2)ccc1CN1CCN(C)CC1.Cc1cc(NC(=O)c2cncc(C#Cc3nnc4ccccn34)c2)ccc1CN1CCN(C)CC1.Cc1cc(NC(=O)c2cncc(C#Cc3nnn4ccccc34)c2)ccc1CN1CCN(C)CC1. The first-order valence-electron chi connectivity index (χ1n) is 34.9. The molecule has 9 aromatic heterocycles. The molecule has 0 saturated carbocycles.